The summed E-state index contributed by atoms with van der Waals surface area (Å²) in [5.41, 5.74) is 1.08. The number of ether oxygens (including phenoxy) is 2. The molecule has 5 nitrogen and oxygen atoms in total. The van der Waals surface area contributed by atoms with Gasteiger partial charge in [0.1, 0.15) is 5.75 Å². The van der Waals surface area contributed by atoms with E-state index >= 15 is 0 Å². The summed E-state index contributed by atoms with van der Waals surface area (Å²) in [6, 6.07) is 5.74. The number of rotatable bonds is 9. The van der Waals surface area contributed by atoms with Crippen molar-refractivity contribution in [1.82, 2.24) is 10.6 Å². The number of nitrogens with zero attached hydrogens (tertiary/aromatic N) is 1. The number of benzene rings is 1. The molecule has 0 spiro atoms. The Bertz CT molecular complexity index is 473. The summed E-state index contributed by atoms with van der Waals surface area (Å²) in [5.74, 6) is 1.57. The highest BCUT2D eigenvalue weighted by molar-refractivity contribution is 14.0. The second-order valence-electron chi connectivity index (χ2n) is 4.59. The van der Waals surface area contributed by atoms with Crippen LogP contribution in [0.5, 0.6) is 5.75 Å². The minimum atomic E-state index is 0. The summed E-state index contributed by atoms with van der Waals surface area (Å²) in [5, 5.41) is 7.23. The van der Waals surface area contributed by atoms with Gasteiger partial charge in [0.2, 0.25) is 0 Å². The third-order valence-corrected chi connectivity index (χ3v) is 3.35. The molecule has 23 heavy (non-hydrogen) atoms. The maximum Gasteiger partial charge on any atom is 0.191 e. The standard InChI is InChI=1S/C16H26ClN3O2.HI/c1-4-18-16(20-10-11-22-5-2)19-9-8-13-6-7-14(21-3)12-15(13)17;/h6-7,12H,4-5,8-11H2,1-3H3,(H2,18,19,20);1H. The van der Waals surface area contributed by atoms with Crippen molar-refractivity contribution in [3.63, 3.8) is 0 Å². The average Bonchev–Trinajstić information content (AvgIpc) is 2.52. The van der Waals surface area contributed by atoms with Crippen molar-refractivity contribution in [2.45, 2.75) is 20.3 Å². The van der Waals surface area contributed by atoms with Gasteiger partial charge in [-0.05, 0) is 38.0 Å². The van der Waals surface area contributed by atoms with Gasteiger partial charge < -0.3 is 20.1 Å². The lowest BCUT2D eigenvalue weighted by molar-refractivity contribution is 0.155. The second-order valence-corrected chi connectivity index (χ2v) is 5.00. The third kappa shape index (κ3) is 9.22. The van der Waals surface area contributed by atoms with E-state index in [1.807, 2.05) is 32.0 Å². The van der Waals surface area contributed by atoms with Crippen molar-refractivity contribution in [3.8, 4) is 5.75 Å². The van der Waals surface area contributed by atoms with Crippen molar-refractivity contribution < 1.29 is 9.47 Å². The summed E-state index contributed by atoms with van der Waals surface area (Å²) in [6.45, 7) is 7.60. The molecule has 0 unspecified atom stereocenters. The molecular weight excluding hydrogens is 429 g/mol. The molecule has 0 bridgehead atoms. The van der Waals surface area contributed by atoms with Gasteiger partial charge in [-0.15, -0.1) is 24.0 Å². The van der Waals surface area contributed by atoms with Crippen LogP contribution in [0.25, 0.3) is 0 Å². The minimum Gasteiger partial charge on any atom is -0.497 e. The quantitative estimate of drug-likeness (QED) is 0.260. The van der Waals surface area contributed by atoms with E-state index in [9.17, 15) is 0 Å². The van der Waals surface area contributed by atoms with Crippen molar-refractivity contribution in [3.05, 3.63) is 28.8 Å². The topological polar surface area (TPSA) is 54.9 Å². The van der Waals surface area contributed by atoms with E-state index in [1.54, 1.807) is 7.11 Å². The molecule has 0 aliphatic carbocycles. The average molecular weight is 456 g/mol. The third-order valence-electron chi connectivity index (χ3n) is 3.00. The van der Waals surface area contributed by atoms with Gasteiger partial charge in [-0.1, -0.05) is 17.7 Å². The van der Waals surface area contributed by atoms with E-state index < -0.39 is 0 Å². The Morgan fingerprint density at radius 1 is 1.26 bits per heavy atom. The molecule has 0 atom stereocenters. The highest BCUT2D eigenvalue weighted by Crippen LogP contribution is 2.22. The maximum absolute atomic E-state index is 6.23. The van der Waals surface area contributed by atoms with E-state index in [-0.39, 0.29) is 24.0 Å². The molecule has 0 aliphatic heterocycles. The summed E-state index contributed by atoms with van der Waals surface area (Å²) in [4.78, 5) is 4.45. The fourth-order valence-electron chi connectivity index (χ4n) is 1.88. The van der Waals surface area contributed by atoms with Crippen LogP contribution in [0.2, 0.25) is 5.02 Å². The Labute approximate surface area is 161 Å². The Kier molecular flexibility index (Phi) is 13.3. The first-order chi connectivity index (χ1) is 10.7. The van der Waals surface area contributed by atoms with Crippen LogP contribution in [0.4, 0.5) is 0 Å². The van der Waals surface area contributed by atoms with Crippen molar-refractivity contribution in [1.29, 1.82) is 0 Å². The van der Waals surface area contributed by atoms with Gasteiger partial charge in [-0.2, -0.15) is 0 Å². The predicted molar refractivity (Wildman–Crippen MR) is 108 cm³/mol. The van der Waals surface area contributed by atoms with E-state index in [4.69, 9.17) is 21.1 Å². The number of halogens is 2. The zero-order valence-electron chi connectivity index (χ0n) is 14.0. The number of methoxy groups -OCH3 is 1. The first-order valence-corrected chi connectivity index (χ1v) is 8.01. The second kappa shape index (κ2) is 13.7. The SMILES string of the molecule is CCNC(=NCCOCC)NCCc1ccc(OC)cc1Cl.I. The van der Waals surface area contributed by atoms with Crippen molar-refractivity contribution >= 4 is 41.5 Å². The molecule has 0 aliphatic rings. The van der Waals surface area contributed by atoms with Gasteiger partial charge in [0, 0.05) is 24.7 Å². The van der Waals surface area contributed by atoms with Crippen LogP contribution >= 0.6 is 35.6 Å². The lowest BCUT2D eigenvalue weighted by Gasteiger charge is -2.12. The fraction of sp³-hybridized carbons (Fsp3) is 0.562. The lowest BCUT2D eigenvalue weighted by atomic mass is 10.1. The van der Waals surface area contributed by atoms with Crippen LogP contribution in [-0.4, -0.2) is 45.9 Å². The molecular formula is C16H27ClIN3O2. The molecule has 2 N–H and O–H groups in total. The van der Waals surface area contributed by atoms with E-state index in [0.717, 1.165) is 48.4 Å². The Morgan fingerprint density at radius 3 is 2.65 bits per heavy atom. The zero-order valence-corrected chi connectivity index (χ0v) is 17.1. The molecule has 0 amide bonds. The van der Waals surface area contributed by atoms with Gasteiger partial charge in [-0.25, -0.2) is 0 Å². The number of guanidine groups is 1. The number of nitrogens with one attached hydrogen (secondary N) is 2. The maximum atomic E-state index is 6.23. The Morgan fingerprint density at radius 2 is 2.04 bits per heavy atom. The first kappa shape index (κ1) is 22.3. The fourth-order valence-corrected chi connectivity index (χ4v) is 2.15. The summed E-state index contributed by atoms with van der Waals surface area (Å²) in [6.07, 6.45) is 0.818. The highest BCUT2D eigenvalue weighted by atomic mass is 127. The zero-order chi connectivity index (χ0) is 16.2. The Hall–Kier alpha value is -0.730. The number of aliphatic imine (C=N–C) groups is 1. The largest absolute Gasteiger partial charge is 0.497 e. The molecule has 0 fully saturated rings. The molecule has 132 valence electrons. The van der Waals surface area contributed by atoms with E-state index in [0.29, 0.717) is 13.2 Å². The number of hydrogen-bond donors (Lipinski definition) is 2. The van der Waals surface area contributed by atoms with Gasteiger partial charge in [0.05, 0.1) is 20.3 Å². The molecule has 1 aromatic rings. The molecule has 0 heterocycles. The van der Waals surface area contributed by atoms with E-state index in [1.165, 1.54) is 0 Å². The van der Waals surface area contributed by atoms with Crippen LogP contribution in [0.3, 0.4) is 0 Å². The van der Waals surface area contributed by atoms with Gasteiger partial charge >= 0.3 is 0 Å². The minimum absolute atomic E-state index is 0. The van der Waals surface area contributed by atoms with Gasteiger partial charge in [0.25, 0.3) is 0 Å². The van der Waals surface area contributed by atoms with Gasteiger partial charge in [-0.3, -0.25) is 4.99 Å². The lowest BCUT2D eigenvalue weighted by Crippen LogP contribution is -2.38. The summed E-state index contributed by atoms with van der Waals surface area (Å²) in [7, 11) is 1.63. The molecule has 7 heteroatoms. The number of hydrogen-bond acceptors (Lipinski definition) is 3. The molecule has 0 aromatic heterocycles. The van der Waals surface area contributed by atoms with Crippen LogP contribution in [0, 0.1) is 0 Å². The van der Waals surface area contributed by atoms with Gasteiger partial charge in [0.15, 0.2) is 5.96 Å². The summed E-state index contributed by atoms with van der Waals surface area (Å²) >= 11 is 6.23. The molecule has 1 aromatic carbocycles. The smallest absolute Gasteiger partial charge is 0.191 e. The molecule has 0 radical (unpaired) electrons. The molecule has 0 saturated carbocycles. The van der Waals surface area contributed by atoms with E-state index in [2.05, 4.69) is 15.6 Å². The van der Waals surface area contributed by atoms with Crippen LogP contribution in [-0.2, 0) is 11.2 Å². The van der Waals surface area contributed by atoms with Crippen LogP contribution in [0.1, 0.15) is 19.4 Å². The summed E-state index contributed by atoms with van der Waals surface area (Å²) < 4.78 is 10.4. The van der Waals surface area contributed by atoms with Crippen molar-refractivity contribution in [2.75, 3.05) is 40.0 Å². The van der Waals surface area contributed by atoms with Crippen LogP contribution < -0.4 is 15.4 Å². The normalized spacial score (nSPS) is 10.9. The van der Waals surface area contributed by atoms with Crippen molar-refractivity contribution in [2.24, 2.45) is 4.99 Å². The predicted octanol–water partition coefficient (Wildman–Crippen LogP) is 3.10. The Balaban J connectivity index is 0.00000484. The highest BCUT2D eigenvalue weighted by Gasteiger charge is 2.03. The first-order valence-electron chi connectivity index (χ1n) is 7.63. The molecule has 1 rings (SSSR count). The monoisotopic (exact) mass is 455 g/mol. The van der Waals surface area contributed by atoms with Crippen LogP contribution in [0.15, 0.2) is 23.2 Å². The molecule has 0 saturated heterocycles.